The number of amides is 1. The Morgan fingerprint density at radius 3 is 2.94 bits per heavy atom. The van der Waals surface area contributed by atoms with Gasteiger partial charge in [0.2, 0.25) is 5.91 Å². The molecular formula is C13H17FN2O2. The van der Waals surface area contributed by atoms with Crippen molar-refractivity contribution < 1.29 is 13.9 Å². The fourth-order valence-electron chi connectivity index (χ4n) is 1.92. The van der Waals surface area contributed by atoms with Gasteiger partial charge in [-0.2, -0.15) is 0 Å². The minimum Gasteiger partial charge on any atom is -0.379 e. The lowest BCUT2D eigenvalue weighted by Gasteiger charge is -2.25. The lowest BCUT2D eigenvalue weighted by molar-refractivity contribution is -0.125. The number of nitrogens with one attached hydrogen (secondary N) is 1. The average molecular weight is 252 g/mol. The van der Waals surface area contributed by atoms with Crippen molar-refractivity contribution >= 4 is 11.6 Å². The second kappa shape index (κ2) is 4.66. The van der Waals surface area contributed by atoms with E-state index in [1.54, 1.807) is 13.0 Å². The summed E-state index contributed by atoms with van der Waals surface area (Å²) in [6, 6.07) is 3.94. The van der Waals surface area contributed by atoms with Gasteiger partial charge in [0.1, 0.15) is 5.82 Å². The Morgan fingerprint density at radius 1 is 1.61 bits per heavy atom. The van der Waals surface area contributed by atoms with E-state index >= 15 is 0 Å². The number of benzene rings is 1. The van der Waals surface area contributed by atoms with E-state index in [-0.39, 0.29) is 24.4 Å². The maximum absolute atomic E-state index is 13.1. The molecule has 1 saturated heterocycles. The van der Waals surface area contributed by atoms with Crippen LogP contribution < -0.4 is 11.1 Å². The molecule has 98 valence electrons. The summed E-state index contributed by atoms with van der Waals surface area (Å²) in [7, 11) is 0. The van der Waals surface area contributed by atoms with Crippen molar-refractivity contribution in [2.45, 2.75) is 19.9 Å². The zero-order chi connectivity index (χ0) is 13.3. The number of hydrogen-bond donors (Lipinski definition) is 2. The third-order valence-electron chi connectivity index (χ3n) is 3.48. The molecule has 3 N–H and O–H groups in total. The fourth-order valence-corrected chi connectivity index (χ4v) is 1.92. The van der Waals surface area contributed by atoms with Crippen LogP contribution in [0.2, 0.25) is 0 Å². The first-order valence-corrected chi connectivity index (χ1v) is 5.84. The van der Waals surface area contributed by atoms with Crippen LogP contribution in [0.5, 0.6) is 0 Å². The summed E-state index contributed by atoms with van der Waals surface area (Å²) in [5.41, 5.74) is 6.39. The summed E-state index contributed by atoms with van der Waals surface area (Å²) >= 11 is 0. The molecule has 1 heterocycles. The van der Waals surface area contributed by atoms with Crippen LogP contribution >= 0.6 is 0 Å². The molecule has 1 aliphatic rings. The number of halogens is 1. The van der Waals surface area contributed by atoms with E-state index in [9.17, 15) is 9.18 Å². The van der Waals surface area contributed by atoms with E-state index in [0.29, 0.717) is 12.3 Å². The highest BCUT2D eigenvalue weighted by atomic mass is 19.1. The predicted octanol–water partition coefficient (Wildman–Crippen LogP) is 1.44. The van der Waals surface area contributed by atoms with E-state index in [2.05, 4.69) is 5.32 Å². The van der Waals surface area contributed by atoms with Crippen molar-refractivity contribution in [1.82, 2.24) is 0 Å². The first kappa shape index (κ1) is 13.0. The number of ether oxygens (including phenoxy) is 1. The highest BCUT2D eigenvalue weighted by Crippen LogP contribution is 2.29. The smallest absolute Gasteiger partial charge is 0.234 e. The standard InChI is InChI=1S/C13H17FN2O2/c1-8-3-4-9(14)5-10(8)16-12(17)13(2)7-18-6-11(13)15/h3-5,11H,6-7,15H2,1-2H3,(H,16,17). The summed E-state index contributed by atoms with van der Waals surface area (Å²) < 4.78 is 18.4. The second-order valence-corrected chi connectivity index (χ2v) is 4.95. The van der Waals surface area contributed by atoms with E-state index in [0.717, 1.165) is 5.56 Å². The molecule has 0 bridgehead atoms. The molecule has 2 rings (SSSR count). The van der Waals surface area contributed by atoms with Gasteiger partial charge in [0.15, 0.2) is 0 Å². The largest absolute Gasteiger partial charge is 0.379 e. The van der Waals surface area contributed by atoms with Gasteiger partial charge in [-0.05, 0) is 31.5 Å². The number of hydrogen-bond acceptors (Lipinski definition) is 3. The second-order valence-electron chi connectivity index (χ2n) is 4.95. The molecule has 5 heteroatoms. The Kier molecular flexibility index (Phi) is 3.36. The Hall–Kier alpha value is -1.46. The quantitative estimate of drug-likeness (QED) is 0.837. The summed E-state index contributed by atoms with van der Waals surface area (Å²) in [5, 5.41) is 2.72. The molecule has 18 heavy (non-hydrogen) atoms. The molecule has 1 aromatic carbocycles. The summed E-state index contributed by atoms with van der Waals surface area (Å²) in [6.45, 7) is 4.22. The SMILES string of the molecule is Cc1ccc(F)cc1NC(=O)C1(C)COCC1N. The number of anilines is 1. The molecule has 1 fully saturated rings. The number of nitrogens with two attached hydrogens (primary N) is 1. The Morgan fingerprint density at radius 2 is 2.33 bits per heavy atom. The molecule has 2 unspecified atom stereocenters. The van der Waals surface area contributed by atoms with E-state index in [4.69, 9.17) is 10.5 Å². The highest BCUT2D eigenvalue weighted by molar-refractivity contribution is 5.96. The Labute approximate surface area is 105 Å². The molecular weight excluding hydrogens is 235 g/mol. The van der Waals surface area contributed by atoms with Gasteiger partial charge >= 0.3 is 0 Å². The monoisotopic (exact) mass is 252 g/mol. The first-order chi connectivity index (χ1) is 8.43. The molecule has 1 aliphatic heterocycles. The fraction of sp³-hybridized carbons (Fsp3) is 0.462. The number of carbonyl (C=O) groups excluding carboxylic acids is 1. The third-order valence-corrected chi connectivity index (χ3v) is 3.48. The normalized spacial score (nSPS) is 27.2. The van der Waals surface area contributed by atoms with Crippen LogP contribution in [0.4, 0.5) is 10.1 Å². The third kappa shape index (κ3) is 2.23. The van der Waals surface area contributed by atoms with Crippen LogP contribution in [0, 0.1) is 18.2 Å². The van der Waals surface area contributed by atoms with E-state index < -0.39 is 5.41 Å². The topological polar surface area (TPSA) is 64.3 Å². The average Bonchev–Trinajstić information content (AvgIpc) is 2.66. The molecule has 1 aromatic rings. The maximum Gasteiger partial charge on any atom is 0.234 e. The summed E-state index contributed by atoms with van der Waals surface area (Å²) in [6.07, 6.45) is 0. The van der Waals surface area contributed by atoms with Crippen LogP contribution in [-0.2, 0) is 9.53 Å². The van der Waals surface area contributed by atoms with Gasteiger partial charge in [0.05, 0.1) is 18.6 Å². The number of rotatable bonds is 2. The number of carbonyl (C=O) groups is 1. The van der Waals surface area contributed by atoms with Gasteiger partial charge in [-0.1, -0.05) is 6.07 Å². The van der Waals surface area contributed by atoms with E-state index in [1.165, 1.54) is 12.1 Å². The van der Waals surface area contributed by atoms with Crippen molar-refractivity contribution in [3.8, 4) is 0 Å². The van der Waals surface area contributed by atoms with Crippen molar-refractivity contribution in [2.75, 3.05) is 18.5 Å². The molecule has 4 nitrogen and oxygen atoms in total. The predicted molar refractivity (Wildman–Crippen MR) is 66.7 cm³/mol. The van der Waals surface area contributed by atoms with Crippen molar-refractivity contribution in [1.29, 1.82) is 0 Å². The van der Waals surface area contributed by atoms with Gasteiger partial charge in [0, 0.05) is 11.7 Å². The summed E-state index contributed by atoms with van der Waals surface area (Å²) in [4.78, 5) is 12.2. The molecule has 0 saturated carbocycles. The minimum absolute atomic E-state index is 0.235. The van der Waals surface area contributed by atoms with Crippen molar-refractivity contribution in [3.63, 3.8) is 0 Å². The van der Waals surface area contributed by atoms with Gasteiger partial charge in [-0.15, -0.1) is 0 Å². The van der Waals surface area contributed by atoms with Gasteiger partial charge < -0.3 is 15.8 Å². The minimum atomic E-state index is -0.765. The molecule has 0 aliphatic carbocycles. The molecule has 0 aromatic heterocycles. The van der Waals surface area contributed by atoms with Crippen LogP contribution in [0.3, 0.4) is 0 Å². The zero-order valence-electron chi connectivity index (χ0n) is 10.5. The van der Waals surface area contributed by atoms with Crippen molar-refractivity contribution in [3.05, 3.63) is 29.6 Å². The lowest BCUT2D eigenvalue weighted by Crippen LogP contribution is -2.47. The lowest BCUT2D eigenvalue weighted by atomic mass is 9.84. The Bertz CT molecular complexity index is 478. The molecule has 0 spiro atoms. The number of aryl methyl sites for hydroxylation is 1. The van der Waals surface area contributed by atoms with Crippen molar-refractivity contribution in [2.24, 2.45) is 11.1 Å². The van der Waals surface area contributed by atoms with Crippen LogP contribution in [0.15, 0.2) is 18.2 Å². The first-order valence-electron chi connectivity index (χ1n) is 5.84. The zero-order valence-corrected chi connectivity index (χ0v) is 10.5. The molecule has 0 radical (unpaired) electrons. The van der Waals surface area contributed by atoms with Gasteiger partial charge in [-0.25, -0.2) is 4.39 Å². The molecule has 2 atom stereocenters. The van der Waals surface area contributed by atoms with E-state index in [1.807, 2.05) is 6.92 Å². The van der Waals surface area contributed by atoms with Crippen LogP contribution in [0.1, 0.15) is 12.5 Å². The van der Waals surface area contributed by atoms with Gasteiger partial charge in [0.25, 0.3) is 0 Å². The van der Waals surface area contributed by atoms with Gasteiger partial charge in [-0.3, -0.25) is 4.79 Å². The Balaban J connectivity index is 2.19. The highest BCUT2D eigenvalue weighted by Gasteiger charge is 2.44. The maximum atomic E-state index is 13.1. The van der Waals surface area contributed by atoms with Crippen LogP contribution in [-0.4, -0.2) is 25.2 Å². The van der Waals surface area contributed by atoms with Crippen LogP contribution in [0.25, 0.3) is 0 Å². The summed E-state index contributed by atoms with van der Waals surface area (Å²) in [5.74, 6) is -0.616. The molecule has 1 amide bonds.